The average Bonchev–Trinajstić information content (AvgIpc) is 2.55. The van der Waals surface area contributed by atoms with Gasteiger partial charge < -0.3 is 4.90 Å². The lowest BCUT2D eigenvalue weighted by atomic mass is 10.3. The first-order chi connectivity index (χ1) is 10.2. The van der Waals surface area contributed by atoms with E-state index in [1.165, 1.54) is 11.8 Å². The van der Waals surface area contributed by atoms with Gasteiger partial charge in [0.1, 0.15) is 0 Å². The van der Waals surface area contributed by atoms with Gasteiger partial charge in [-0.3, -0.25) is 4.79 Å². The standard InChI is InChI=1S/C16H15N3OS/c1-2-19(14-6-4-3-5-7-14)16(20)12-21-15-10-13(11-17)8-9-18-15/h3-10H,2,12H2,1H3. The van der Waals surface area contributed by atoms with E-state index in [4.69, 9.17) is 5.26 Å². The molecule has 0 aliphatic rings. The van der Waals surface area contributed by atoms with E-state index in [0.717, 1.165) is 5.69 Å². The van der Waals surface area contributed by atoms with Crippen molar-refractivity contribution in [2.45, 2.75) is 11.9 Å². The molecule has 0 N–H and O–H groups in total. The van der Waals surface area contributed by atoms with E-state index in [-0.39, 0.29) is 5.91 Å². The summed E-state index contributed by atoms with van der Waals surface area (Å²) in [5.74, 6) is 0.322. The topological polar surface area (TPSA) is 57.0 Å². The first-order valence-corrected chi connectivity index (χ1v) is 7.57. The van der Waals surface area contributed by atoms with Gasteiger partial charge in [-0.2, -0.15) is 5.26 Å². The number of amides is 1. The van der Waals surface area contributed by atoms with Gasteiger partial charge in [0.05, 0.1) is 22.4 Å². The molecule has 5 heteroatoms. The SMILES string of the molecule is CCN(C(=O)CSc1cc(C#N)ccn1)c1ccccc1. The molecule has 1 aromatic carbocycles. The molecule has 106 valence electrons. The van der Waals surface area contributed by atoms with Crippen LogP contribution >= 0.6 is 11.8 Å². The fourth-order valence-electron chi connectivity index (χ4n) is 1.88. The van der Waals surface area contributed by atoms with E-state index in [0.29, 0.717) is 22.9 Å². The number of anilines is 1. The number of carbonyl (C=O) groups is 1. The van der Waals surface area contributed by atoms with Crippen molar-refractivity contribution < 1.29 is 4.79 Å². The monoisotopic (exact) mass is 297 g/mol. The molecule has 1 aromatic heterocycles. The highest BCUT2D eigenvalue weighted by Crippen LogP contribution is 2.19. The van der Waals surface area contributed by atoms with E-state index >= 15 is 0 Å². The zero-order chi connectivity index (χ0) is 15.1. The van der Waals surface area contributed by atoms with Crippen LogP contribution in [0.2, 0.25) is 0 Å². The molecular weight excluding hydrogens is 282 g/mol. The Labute approximate surface area is 128 Å². The largest absolute Gasteiger partial charge is 0.312 e. The number of nitrogens with zero attached hydrogens (tertiary/aromatic N) is 3. The Hall–Kier alpha value is -2.32. The van der Waals surface area contributed by atoms with Crippen LogP contribution in [0.5, 0.6) is 0 Å². The predicted molar refractivity (Wildman–Crippen MR) is 84.1 cm³/mol. The van der Waals surface area contributed by atoms with Crippen molar-refractivity contribution in [1.29, 1.82) is 5.26 Å². The molecule has 2 aromatic rings. The van der Waals surface area contributed by atoms with Gasteiger partial charge in [-0.15, -0.1) is 0 Å². The summed E-state index contributed by atoms with van der Waals surface area (Å²) in [5.41, 5.74) is 1.44. The van der Waals surface area contributed by atoms with Crippen molar-refractivity contribution in [3.05, 3.63) is 54.2 Å². The minimum absolute atomic E-state index is 0.0258. The van der Waals surface area contributed by atoms with Crippen molar-refractivity contribution in [2.24, 2.45) is 0 Å². The van der Waals surface area contributed by atoms with E-state index in [2.05, 4.69) is 11.1 Å². The number of nitriles is 1. The van der Waals surface area contributed by atoms with Gasteiger partial charge in [0.25, 0.3) is 0 Å². The molecule has 0 aliphatic heterocycles. The summed E-state index contributed by atoms with van der Waals surface area (Å²) < 4.78 is 0. The number of thioether (sulfide) groups is 1. The van der Waals surface area contributed by atoms with Gasteiger partial charge in [0.2, 0.25) is 5.91 Å². The molecule has 21 heavy (non-hydrogen) atoms. The minimum Gasteiger partial charge on any atom is -0.312 e. The molecular formula is C16H15N3OS. The van der Waals surface area contributed by atoms with Crippen LogP contribution in [-0.2, 0) is 4.79 Å². The third kappa shape index (κ3) is 4.07. The lowest BCUT2D eigenvalue weighted by Gasteiger charge is -2.20. The predicted octanol–water partition coefficient (Wildman–Crippen LogP) is 3.10. The summed E-state index contributed by atoms with van der Waals surface area (Å²) in [6, 6.07) is 15.0. The second kappa shape index (κ2) is 7.46. The maximum absolute atomic E-state index is 12.3. The summed E-state index contributed by atoms with van der Waals surface area (Å²) in [6.07, 6.45) is 1.58. The molecule has 1 heterocycles. The van der Waals surface area contributed by atoms with Gasteiger partial charge in [-0.05, 0) is 31.2 Å². The van der Waals surface area contributed by atoms with Crippen LogP contribution in [0.1, 0.15) is 12.5 Å². The molecule has 0 atom stereocenters. The van der Waals surface area contributed by atoms with Crippen LogP contribution < -0.4 is 4.90 Å². The first kappa shape index (κ1) is 15.1. The molecule has 0 fully saturated rings. The highest BCUT2D eigenvalue weighted by atomic mass is 32.2. The molecule has 2 rings (SSSR count). The maximum Gasteiger partial charge on any atom is 0.237 e. The number of benzene rings is 1. The van der Waals surface area contributed by atoms with E-state index in [1.54, 1.807) is 23.2 Å². The van der Waals surface area contributed by atoms with Crippen LogP contribution in [0.25, 0.3) is 0 Å². The summed E-state index contributed by atoms with van der Waals surface area (Å²) in [4.78, 5) is 18.2. The zero-order valence-electron chi connectivity index (χ0n) is 11.7. The lowest BCUT2D eigenvalue weighted by molar-refractivity contribution is -0.116. The molecule has 0 radical (unpaired) electrons. The highest BCUT2D eigenvalue weighted by molar-refractivity contribution is 7.99. The Balaban J connectivity index is 2.02. The summed E-state index contributed by atoms with van der Waals surface area (Å²) in [7, 11) is 0. The number of rotatable bonds is 5. The molecule has 1 amide bonds. The number of hydrogen-bond acceptors (Lipinski definition) is 4. The van der Waals surface area contributed by atoms with Gasteiger partial charge in [-0.25, -0.2) is 4.98 Å². The average molecular weight is 297 g/mol. The maximum atomic E-state index is 12.3. The Morgan fingerprint density at radius 1 is 1.33 bits per heavy atom. The van der Waals surface area contributed by atoms with Crippen molar-refractivity contribution in [2.75, 3.05) is 17.2 Å². The van der Waals surface area contributed by atoms with Crippen LogP contribution in [0, 0.1) is 11.3 Å². The summed E-state index contributed by atoms with van der Waals surface area (Å²) in [6.45, 7) is 2.57. The summed E-state index contributed by atoms with van der Waals surface area (Å²) in [5, 5.41) is 9.54. The van der Waals surface area contributed by atoms with Crippen molar-refractivity contribution in [3.8, 4) is 6.07 Å². The van der Waals surface area contributed by atoms with Crippen LogP contribution in [0.15, 0.2) is 53.7 Å². The second-order valence-corrected chi connectivity index (χ2v) is 5.25. The number of carbonyl (C=O) groups excluding carboxylic acids is 1. The van der Waals surface area contributed by atoms with Crippen molar-refractivity contribution in [1.82, 2.24) is 4.98 Å². The number of hydrogen-bond donors (Lipinski definition) is 0. The van der Waals surface area contributed by atoms with Crippen LogP contribution in [-0.4, -0.2) is 23.2 Å². The molecule has 4 nitrogen and oxygen atoms in total. The smallest absolute Gasteiger partial charge is 0.237 e. The Kier molecular flexibility index (Phi) is 5.35. The summed E-state index contributed by atoms with van der Waals surface area (Å²) >= 11 is 1.34. The number of aromatic nitrogens is 1. The third-order valence-corrected chi connectivity index (χ3v) is 3.80. The molecule has 0 bridgehead atoms. The normalized spacial score (nSPS) is 9.90. The first-order valence-electron chi connectivity index (χ1n) is 6.59. The molecule has 0 spiro atoms. The van der Waals surface area contributed by atoms with Crippen molar-refractivity contribution in [3.63, 3.8) is 0 Å². The zero-order valence-corrected chi connectivity index (χ0v) is 12.5. The lowest BCUT2D eigenvalue weighted by Crippen LogP contribution is -2.32. The number of pyridine rings is 1. The highest BCUT2D eigenvalue weighted by Gasteiger charge is 2.14. The quantitative estimate of drug-likeness (QED) is 0.796. The van der Waals surface area contributed by atoms with Gasteiger partial charge in [0.15, 0.2) is 0 Å². The van der Waals surface area contributed by atoms with Crippen LogP contribution in [0.3, 0.4) is 0 Å². The van der Waals surface area contributed by atoms with Gasteiger partial charge in [0, 0.05) is 18.4 Å². The fourth-order valence-corrected chi connectivity index (χ4v) is 2.66. The van der Waals surface area contributed by atoms with Gasteiger partial charge in [-0.1, -0.05) is 30.0 Å². The number of para-hydroxylation sites is 1. The second-order valence-electron chi connectivity index (χ2n) is 4.26. The minimum atomic E-state index is 0.0258. The third-order valence-electron chi connectivity index (χ3n) is 2.89. The van der Waals surface area contributed by atoms with Crippen LogP contribution in [0.4, 0.5) is 5.69 Å². The Morgan fingerprint density at radius 3 is 2.76 bits per heavy atom. The Morgan fingerprint density at radius 2 is 2.10 bits per heavy atom. The van der Waals surface area contributed by atoms with Crippen molar-refractivity contribution >= 4 is 23.4 Å². The van der Waals surface area contributed by atoms with E-state index in [1.807, 2.05) is 37.3 Å². The molecule has 0 unspecified atom stereocenters. The Bertz CT molecular complexity index is 652. The molecule has 0 aliphatic carbocycles. The van der Waals surface area contributed by atoms with E-state index in [9.17, 15) is 4.79 Å². The van der Waals surface area contributed by atoms with Gasteiger partial charge >= 0.3 is 0 Å². The molecule has 0 saturated carbocycles. The molecule has 0 saturated heterocycles. The van der Waals surface area contributed by atoms with E-state index < -0.39 is 0 Å². The fraction of sp³-hybridized carbons (Fsp3) is 0.188.